The summed E-state index contributed by atoms with van der Waals surface area (Å²) in [6, 6.07) is 0. The topological polar surface area (TPSA) is 105 Å². The van der Waals surface area contributed by atoms with Crippen molar-refractivity contribution in [3.8, 4) is 0 Å². The second kappa shape index (κ2) is 9.74. The molecule has 0 aliphatic heterocycles. The number of hydrogen-bond acceptors (Lipinski definition) is 2. The van der Waals surface area contributed by atoms with Crippen LogP contribution in [0.2, 0.25) is 0 Å². The van der Waals surface area contributed by atoms with Crippen molar-refractivity contribution in [3.63, 3.8) is 0 Å². The summed E-state index contributed by atoms with van der Waals surface area (Å²) in [6.07, 6.45) is 2.22. The van der Waals surface area contributed by atoms with E-state index in [0.29, 0.717) is 0 Å². The monoisotopic (exact) mass is 174 g/mol. The summed E-state index contributed by atoms with van der Waals surface area (Å²) < 4.78 is 0. The first kappa shape index (κ1) is 13.3. The predicted octanol–water partition coefficient (Wildman–Crippen LogP) is -0.239. The molecular weight excluding hydrogens is 156 g/mol. The average molecular weight is 174 g/mol. The fraction of sp³-hybridized carbons (Fsp3) is 0.714. The molecule has 0 radical (unpaired) electrons. The molecule has 6 N–H and O–H groups in total. The number of carbonyl (C=O) groups excluding carboxylic acids is 1. The van der Waals surface area contributed by atoms with Gasteiger partial charge in [0.05, 0.1) is 0 Å². The van der Waals surface area contributed by atoms with Crippen molar-refractivity contribution in [3.05, 3.63) is 0 Å². The molecule has 5 nitrogen and oxygen atoms in total. The zero-order valence-corrected chi connectivity index (χ0v) is 7.68. The van der Waals surface area contributed by atoms with Crippen LogP contribution in [0.5, 0.6) is 0 Å². The van der Waals surface area contributed by atoms with E-state index in [9.17, 15) is 4.79 Å². The number of hydrogen-bond donors (Lipinski definition) is 4. The number of carbonyl (C=O) groups is 1. The zero-order valence-electron chi connectivity index (χ0n) is 7.68. The average Bonchev–Trinajstić information content (AvgIpc) is 1.86. The van der Waals surface area contributed by atoms with Gasteiger partial charge in [0, 0.05) is 13.5 Å². The molecule has 0 unspecified atom stereocenters. The van der Waals surface area contributed by atoms with Crippen LogP contribution in [0.3, 0.4) is 0 Å². The van der Waals surface area contributed by atoms with Crippen molar-refractivity contribution in [1.29, 1.82) is 5.41 Å². The van der Waals surface area contributed by atoms with Gasteiger partial charge in [-0.3, -0.25) is 10.2 Å². The Morgan fingerprint density at radius 3 is 2.17 bits per heavy atom. The SMILES string of the molecule is CC(N)=O.CCCCNC(=N)N. The minimum Gasteiger partial charge on any atom is -0.370 e. The molecule has 0 saturated heterocycles. The summed E-state index contributed by atoms with van der Waals surface area (Å²) in [5, 5.41) is 9.45. The second-order valence-corrected chi connectivity index (χ2v) is 2.30. The van der Waals surface area contributed by atoms with Crippen molar-refractivity contribution in [2.45, 2.75) is 26.7 Å². The normalized spacial score (nSPS) is 7.83. The Morgan fingerprint density at radius 2 is 1.92 bits per heavy atom. The molecule has 0 aliphatic carbocycles. The van der Waals surface area contributed by atoms with Crippen LogP contribution < -0.4 is 16.8 Å². The van der Waals surface area contributed by atoms with E-state index in [-0.39, 0.29) is 11.9 Å². The Morgan fingerprint density at radius 1 is 1.50 bits per heavy atom. The van der Waals surface area contributed by atoms with Crippen LogP contribution in [-0.4, -0.2) is 18.4 Å². The predicted molar refractivity (Wildman–Crippen MR) is 49.7 cm³/mol. The molecule has 0 fully saturated rings. The lowest BCUT2D eigenvalue weighted by Gasteiger charge is -1.98. The summed E-state index contributed by atoms with van der Waals surface area (Å²) in [7, 11) is 0. The summed E-state index contributed by atoms with van der Waals surface area (Å²) in [5.41, 5.74) is 9.48. The highest BCUT2D eigenvalue weighted by Gasteiger charge is 1.82. The molecule has 5 heteroatoms. The minimum absolute atomic E-state index is 0.0680. The van der Waals surface area contributed by atoms with Crippen LogP contribution in [0.25, 0.3) is 0 Å². The van der Waals surface area contributed by atoms with Crippen LogP contribution in [0, 0.1) is 5.41 Å². The summed E-state index contributed by atoms with van der Waals surface area (Å²) in [4.78, 5) is 9.22. The van der Waals surface area contributed by atoms with Gasteiger partial charge in [-0.25, -0.2) is 0 Å². The van der Waals surface area contributed by atoms with Crippen LogP contribution in [-0.2, 0) is 4.79 Å². The molecule has 0 atom stereocenters. The van der Waals surface area contributed by atoms with E-state index in [1.807, 2.05) is 0 Å². The van der Waals surface area contributed by atoms with Crippen LogP contribution >= 0.6 is 0 Å². The lowest BCUT2D eigenvalue weighted by molar-refractivity contribution is -0.115. The van der Waals surface area contributed by atoms with Crippen molar-refractivity contribution in [2.24, 2.45) is 11.5 Å². The first-order valence-corrected chi connectivity index (χ1v) is 3.84. The third-order valence-corrected chi connectivity index (χ3v) is 0.846. The highest BCUT2D eigenvalue weighted by atomic mass is 16.1. The third kappa shape index (κ3) is 37.4. The quantitative estimate of drug-likeness (QED) is 0.269. The number of guanidine groups is 1. The highest BCUT2D eigenvalue weighted by molar-refractivity contribution is 5.74. The summed E-state index contributed by atoms with van der Waals surface area (Å²) in [6.45, 7) is 4.23. The van der Waals surface area contributed by atoms with Crippen LogP contribution in [0.15, 0.2) is 0 Å². The molecule has 0 rings (SSSR count). The third-order valence-electron chi connectivity index (χ3n) is 0.846. The smallest absolute Gasteiger partial charge is 0.214 e. The molecule has 0 heterocycles. The van der Waals surface area contributed by atoms with E-state index in [2.05, 4.69) is 18.0 Å². The fourth-order valence-electron chi connectivity index (χ4n) is 0.400. The van der Waals surface area contributed by atoms with E-state index < -0.39 is 0 Å². The fourth-order valence-corrected chi connectivity index (χ4v) is 0.400. The van der Waals surface area contributed by atoms with Crippen LogP contribution in [0.1, 0.15) is 26.7 Å². The Balaban J connectivity index is 0. The molecule has 0 aliphatic rings. The van der Waals surface area contributed by atoms with Gasteiger partial charge in [-0.15, -0.1) is 0 Å². The van der Waals surface area contributed by atoms with Gasteiger partial charge >= 0.3 is 0 Å². The van der Waals surface area contributed by atoms with Gasteiger partial charge in [0.2, 0.25) is 5.91 Å². The molecule has 0 spiro atoms. The van der Waals surface area contributed by atoms with E-state index >= 15 is 0 Å². The maximum absolute atomic E-state index is 9.22. The molecule has 0 aromatic heterocycles. The Labute approximate surface area is 73.0 Å². The van der Waals surface area contributed by atoms with Crippen LogP contribution in [0.4, 0.5) is 0 Å². The second-order valence-electron chi connectivity index (χ2n) is 2.30. The lowest BCUT2D eigenvalue weighted by atomic mass is 10.3. The van der Waals surface area contributed by atoms with Gasteiger partial charge in [-0.1, -0.05) is 13.3 Å². The first-order chi connectivity index (χ1) is 5.50. The largest absolute Gasteiger partial charge is 0.370 e. The van der Waals surface area contributed by atoms with Crippen molar-refractivity contribution < 1.29 is 4.79 Å². The van der Waals surface area contributed by atoms with E-state index in [1.54, 1.807) is 0 Å². The molecule has 12 heavy (non-hydrogen) atoms. The van der Waals surface area contributed by atoms with E-state index in [1.165, 1.54) is 6.92 Å². The minimum atomic E-state index is -0.333. The molecule has 0 bridgehead atoms. The molecular formula is C7H18N4O. The summed E-state index contributed by atoms with van der Waals surface area (Å²) in [5.74, 6) is -0.265. The van der Waals surface area contributed by atoms with Gasteiger partial charge in [-0.2, -0.15) is 0 Å². The lowest BCUT2D eigenvalue weighted by Crippen LogP contribution is -2.30. The molecule has 72 valence electrons. The number of primary amides is 1. The Hall–Kier alpha value is -1.26. The molecule has 1 amide bonds. The number of unbranched alkanes of at least 4 members (excludes halogenated alkanes) is 1. The Bertz CT molecular complexity index is 131. The van der Waals surface area contributed by atoms with Gasteiger partial charge in [0.1, 0.15) is 0 Å². The number of nitrogens with two attached hydrogens (primary N) is 2. The maximum atomic E-state index is 9.22. The standard InChI is InChI=1S/C5H13N3.C2H5NO/c1-2-3-4-8-5(6)7;1-2(3)4/h2-4H2,1H3,(H4,6,7,8);1H3,(H2,3,4). The van der Waals surface area contributed by atoms with Gasteiger partial charge in [-0.05, 0) is 6.42 Å². The highest BCUT2D eigenvalue weighted by Crippen LogP contribution is 1.80. The van der Waals surface area contributed by atoms with Gasteiger partial charge < -0.3 is 16.8 Å². The number of rotatable bonds is 3. The molecule has 0 saturated carbocycles. The van der Waals surface area contributed by atoms with E-state index in [4.69, 9.17) is 11.1 Å². The van der Waals surface area contributed by atoms with E-state index in [0.717, 1.165) is 19.4 Å². The maximum Gasteiger partial charge on any atom is 0.214 e. The van der Waals surface area contributed by atoms with Gasteiger partial charge in [0.25, 0.3) is 0 Å². The zero-order chi connectivity index (χ0) is 9.98. The Kier molecular flexibility index (Phi) is 10.8. The number of amides is 1. The van der Waals surface area contributed by atoms with Crippen molar-refractivity contribution in [1.82, 2.24) is 5.32 Å². The molecule has 0 aromatic rings. The molecule has 0 aromatic carbocycles. The number of nitrogens with one attached hydrogen (secondary N) is 2. The first-order valence-electron chi connectivity index (χ1n) is 3.84. The van der Waals surface area contributed by atoms with Crippen molar-refractivity contribution >= 4 is 11.9 Å². The van der Waals surface area contributed by atoms with Gasteiger partial charge in [0.15, 0.2) is 5.96 Å². The summed E-state index contributed by atoms with van der Waals surface area (Å²) >= 11 is 0. The van der Waals surface area contributed by atoms with Crippen molar-refractivity contribution in [2.75, 3.05) is 6.54 Å².